The molecule has 1 unspecified atom stereocenters. The molecule has 4 N–H and O–H groups in total. The van der Waals surface area contributed by atoms with Crippen LogP contribution in [0.2, 0.25) is 0 Å². The van der Waals surface area contributed by atoms with Gasteiger partial charge in [-0.25, -0.2) is 4.79 Å². The third kappa shape index (κ3) is 7.49. The van der Waals surface area contributed by atoms with Gasteiger partial charge in [-0.3, -0.25) is 9.59 Å². The zero-order chi connectivity index (χ0) is 21.1. The van der Waals surface area contributed by atoms with Crippen LogP contribution in [0.1, 0.15) is 31.1 Å². The molecule has 0 fully saturated rings. The normalized spacial score (nSPS) is 11.8. The van der Waals surface area contributed by atoms with Crippen molar-refractivity contribution in [2.75, 3.05) is 11.9 Å². The van der Waals surface area contributed by atoms with Gasteiger partial charge in [0.2, 0.25) is 11.8 Å². The van der Waals surface area contributed by atoms with Crippen LogP contribution in [-0.2, 0) is 25.5 Å². The van der Waals surface area contributed by atoms with E-state index in [9.17, 15) is 14.4 Å². The van der Waals surface area contributed by atoms with Crippen LogP contribution < -0.4 is 16.5 Å². The number of nitrogens with two attached hydrogens (primary N) is 1. The van der Waals surface area contributed by atoms with Gasteiger partial charge in [0, 0.05) is 24.9 Å². The third-order valence-corrected chi connectivity index (χ3v) is 3.89. The Morgan fingerprint density at radius 2 is 1.90 bits per heavy atom. The summed E-state index contributed by atoms with van der Waals surface area (Å²) in [6, 6.07) is 9.42. The van der Waals surface area contributed by atoms with E-state index >= 15 is 0 Å². The minimum Gasteiger partial charge on any atom is -0.469 e. The topological polar surface area (TPSA) is 136 Å². The Labute approximate surface area is 168 Å². The summed E-state index contributed by atoms with van der Waals surface area (Å²) in [6.45, 7) is 1.88. The van der Waals surface area contributed by atoms with Crippen LogP contribution in [0.25, 0.3) is 0 Å². The summed E-state index contributed by atoms with van der Waals surface area (Å²) in [6.07, 6.45) is 3.03. The Morgan fingerprint density at radius 1 is 1.17 bits per heavy atom. The van der Waals surface area contributed by atoms with Crippen molar-refractivity contribution >= 4 is 29.7 Å². The van der Waals surface area contributed by atoms with Gasteiger partial charge >= 0.3 is 5.97 Å². The fourth-order valence-electron chi connectivity index (χ4n) is 2.52. The molecule has 0 aliphatic rings. The lowest BCUT2D eigenvalue weighted by Gasteiger charge is -2.16. The van der Waals surface area contributed by atoms with E-state index in [1.165, 1.54) is 12.5 Å². The molecule has 2 amide bonds. The number of carbonyl (C=O) groups is 3. The highest BCUT2D eigenvalue weighted by Gasteiger charge is 2.23. The highest BCUT2D eigenvalue weighted by atomic mass is 16.5. The first-order valence-corrected chi connectivity index (χ1v) is 9.13. The van der Waals surface area contributed by atoms with E-state index in [1.807, 2.05) is 0 Å². The molecule has 0 radical (unpaired) electrons. The molecule has 0 aliphatic heterocycles. The van der Waals surface area contributed by atoms with Crippen molar-refractivity contribution in [3.63, 3.8) is 0 Å². The number of rotatable bonds is 10. The number of nitrogens with one attached hydrogen (secondary N) is 2. The number of anilines is 1. The average molecular weight is 400 g/mol. The van der Waals surface area contributed by atoms with E-state index in [0.29, 0.717) is 11.4 Å². The first-order chi connectivity index (χ1) is 14.0. The smallest absolute Gasteiger partial charge is 0.329 e. The number of furan rings is 1. The van der Waals surface area contributed by atoms with Crippen molar-refractivity contribution in [2.45, 2.75) is 32.2 Å². The standard InChI is InChI=1S/C20H24N4O5/c1-2-28-20(27)17(12-16-4-3-11-29-16)24-19(26)10-9-18(25)23-15-7-5-14(6-8-15)13-22-21/h3-8,11,13,17H,2,9-10,12,21H2,1H3,(H,23,25)(H,24,26). The van der Waals surface area contributed by atoms with Crippen molar-refractivity contribution < 1.29 is 23.5 Å². The summed E-state index contributed by atoms with van der Waals surface area (Å²) in [7, 11) is 0. The number of hydrogen-bond acceptors (Lipinski definition) is 7. The first-order valence-electron chi connectivity index (χ1n) is 9.13. The summed E-state index contributed by atoms with van der Waals surface area (Å²) in [5.41, 5.74) is 1.39. The van der Waals surface area contributed by atoms with Crippen LogP contribution in [0, 0.1) is 0 Å². The molecular weight excluding hydrogens is 376 g/mol. The van der Waals surface area contributed by atoms with E-state index in [4.69, 9.17) is 15.0 Å². The zero-order valence-electron chi connectivity index (χ0n) is 16.1. The zero-order valence-corrected chi connectivity index (χ0v) is 16.1. The van der Waals surface area contributed by atoms with E-state index in [1.54, 1.807) is 43.3 Å². The Balaban J connectivity index is 1.83. The van der Waals surface area contributed by atoms with Gasteiger partial charge in [-0.05, 0) is 36.8 Å². The minimum absolute atomic E-state index is 0.0336. The third-order valence-electron chi connectivity index (χ3n) is 3.89. The number of hydrazone groups is 1. The van der Waals surface area contributed by atoms with Crippen LogP contribution in [-0.4, -0.2) is 36.6 Å². The summed E-state index contributed by atoms with van der Waals surface area (Å²) < 4.78 is 10.2. The molecule has 1 atom stereocenters. The summed E-state index contributed by atoms with van der Waals surface area (Å²) in [5.74, 6) is 4.32. The second kappa shape index (κ2) is 11.3. The number of amides is 2. The van der Waals surface area contributed by atoms with Crippen molar-refractivity contribution in [1.29, 1.82) is 0 Å². The highest BCUT2D eigenvalue weighted by molar-refractivity contribution is 5.94. The fraction of sp³-hybridized carbons (Fsp3) is 0.300. The summed E-state index contributed by atoms with van der Waals surface area (Å²) in [5, 5.41) is 8.72. The van der Waals surface area contributed by atoms with Gasteiger partial charge in [-0.1, -0.05) is 12.1 Å². The number of hydrogen-bond donors (Lipinski definition) is 3. The maximum Gasteiger partial charge on any atom is 0.329 e. The first kappa shape index (κ1) is 21.7. The number of esters is 1. The van der Waals surface area contributed by atoms with E-state index in [2.05, 4.69) is 15.7 Å². The van der Waals surface area contributed by atoms with Gasteiger partial charge in [-0.2, -0.15) is 5.10 Å². The molecule has 1 heterocycles. The molecule has 1 aromatic heterocycles. The SMILES string of the molecule is CCOC(=O)C(Cc1ccco1)NC(=O)CCC(=O)Nc1ccc(C=NN)cc1. The van der Waals surface area contributed by atoms with E-state index in [-0.39, 0.29) is 31.8 Å². The molecule has 2 rings (SSSR count). The van der Waals surface area contributed by atoms with Crippen molar-refractivity contribution in [3.8, 4) is 0 Å². The van der Waals surface area contributed by atoms with Crippen LogP contribution in [0.15, 0.2) is 52.2 Å². The molecule has 154 valence electrons. The summed E-state index contributed by atoms with van der Waals surface area (Å²) >= 11 is 0. The minimum atomic E-state index is -0.881. The monoisotopic (exact) mass is 400 g/mol. The van der Waals surface area contributed by atoms with Crippen molar-refractivity contribution in [1.82, 2.24) is 5.32 Å². The highest BCUT2D eigenvalue weighted by Crippen LogP contribution is 2.10. The van der Waals surface area contributed by atoms with E-state index in [0.717, 1.165) is 5.56 Å². The Kier molecular flexibility index (Phi) is 8.43. The number of carbonyl (C=O) groups excluding carboxylic acids is 3. The van der Waals surface area contributed by atoms with Gasteiger partial charge in [0.15, 0.2) is 0 Å². The molecule has 0 saturated carbocycles. The number of benzene rings is 1. The molecule has 0 bridgehead atoms. The maximum atomic E-state index is 12.2. The Hall–Kier alpha value is -3.62. The predicted molar refractivity (Wildman–Crippen MR) is 107 cm³/mol. The molecule has 0 spiro atoms. The average Bonchev–Trinajstić information content (AvgIpc) is 3.21. The van der Waals surface area contributed by atoms with Gasteiger partial charge in [-0.15, -0.1) is 0 Å². The van der Waals surface area contributed by atoms with Crippen LogP contribution in [0.5, 0.6) is 0 Å². The lowest BCUT2D eigenvalue weighted by atomic mass is 10.1. The van der Waals surface area contributed by atoms with Crippen molar-refractivity contribution in [2.24, 2.45) is 10.9 Å². The van der Waals surface area contributed by atoms with Crippen LogP contribution in [0.4, 0.5) is 5.69 Å². The van der Waals surface area contributed by atoms with Gasteiger partial charge in [0.1, 0.15) is 11.8 Å². The molecule has 0 aliphatic carbocycles. The number of ether oxygens (including phenoxy) is 1. The maximum absolute atomic E-state index is 12.2. The van der Waals surface area contributed by atoms with Crippen LogP contribution in [0.3, 0.4) is 0 Å². The summed E-state index contributed by atoms with van der Waals surface area (Å²) in [4.78, 5) is 36.4. The predicted octanol–water partition coefficient (Wildman–Crippen LogP) is 1.58. The molecule has 9 heteroatoms. The Bertz CT molecular complexity index is 831. The van der Waals surface area contributed by atoms with Gasteiger partial charge < -0.3 is 25.6 Å². The second-order valence-corrected chi connectivity index (χ2v) is 6.10. The molecule has 1 aromatic carbocycles. The number of nitrogens with zero attached hydrogens (tertiary/aromatic N) is 1. The fourth-order valence-corrected chi connectivity index (χ4v) is 2.52. The molecular formula is C20H24N4O5. The van der Waals surface area contributed by atoms with E-state index < -0.39 is 17.9 Å². The van der Waals surface area contributed by atoms with Crippen molar-refractivity contribution in [3.05, 3.63) is 54.0 Å². The van der Waals surface area contributed by atoms with Gasteiger partial charge in [0.05, 0.1) is 19.1 Å². The second-order valence-electron chi connectivity index (χ2n) is 6.10. The molecule has 2 aromatic rings. The van der Waals surface area contributed by atoms with Crippen LogP contribution >= 0.6 is 0 Å². The Morgan fingerprint density at radius 3 is 2.52 bits per heavy atom. The largest absolute Gasteiger partial charge is 0.469 e. The molecule has 29 heavy (non-hydrogen) atoms. The lowest BCUT2D eigenvalue weighted by molar-refractivity contribution is -0.147. The lowest BCUT2D eigenvalue weighted by Crippen LogP contribution is -2.43. The quantitative estimate of drug-likeness (QED) is 0.240. The molecule has 9 nitrogen and oxygen atoms in total. The molecule has 0 saturated heterocycles. The van der Waals surface area contributed by atoms with Gasteiger partial charge in [0.25, 0.3) is 0 Å².